The summed E-state index contributed by atoms with van der Waals surface area (Å²) in [6.07, 6.45) is 8.60. The SMILES string of the molecule is CC12CC(C3(CC(=O)c4cc(F)cc5ccn(Cc6cc7ccccc7o6)c45)CC3)(C1)C2. The van der Waals surface area contributed by atoms with Crippen LogP contribution in [0.15, 0.2) is 59.1 Å². The molecule has 0 atom stereocenters. The van der Waals surface area contributed by atoms with Gasteiger partial charge >= 0.3 is 0 Å². The van der Waals surface area contributed by atoms with Crippen molar-refractivity contribution in [3.05, 3.63) is 71.9 Å². The number of carbonyl (C=O) groups excluding carboxylic acids is 1. The number of para-hydroxylation sites is 1. The number of Topliss-reactive ketones (excluding diaryl/α,β-unsaturated/α-hetero) is 1. The van der Waals surface area contributed by atoms with Crippen molar-refractivity contribution in [2.24, 2.45) is 16.2 Å². The number of fused-ring (bicyclic) bond motifs is 2. The Labute approximate surface area is 186 Å². The summed E-state index contributed by atoms with van der Waals surface area (Å²) in [4.78, 5) is 13.6. The number of benzene rings is 2. The van der Waals surface area contributed by atoms with E-state index in [2.05, 4.69) is 6.92 Å². The molecule has 4 aliphatic rings. The predicted octanol–water partition coefficient (Wildman–Crippen LogP) is 7.12. The lowest BCUT2D eigenvalue weighted by molar-refractivity contribution is -0.233. The van der Waals surface area contributed by atoms with Gasteiger partial charge in [-0.05, 0) is 78.7 Å². The molecule has 4 aliphatic carbocycles. The molecule has 8 rings (SSSR count). The van der Waals surface area contributed by atoms with Crippen molar-refractivity contribution >= 4 is 27.7 Å². The molecular weight excluding hydrogens is 401 g/mol. The molecular formula is C28H26FNO2. The van der Waals surface area contributed by atoms with Gasteiger partial charge in [0, 0.05) is 29.0 Å². The first-order valence-corrected chi connectivity index (χ1v) is 11.7. The topological polar surface area (TPSA) is 35.1 Å². The average molecular weight is 428 g/mol. The number of carbonyl (C=O) groups is 1. The molecule has 162 valence electrons. The number of hydrogen-bond acceptors (Lipinski definition) is 2. The smallest absolute Gasteiger partial charge is 0.165 e. The molecule has 0 saturated heterocycles. The predicted molar refractivity (Wildman–Crippen MR) is 122 cm³/mol. The van der Waals surface area contributed by atoms with Gasteiger partial charge in [-0.15, -0.1) is 0 Å². The van der Waals surface area contributed by atoms with Crippen molar-refractivity contribution < 1.29 is 13.6 Å². The largest absolute Gasteiger partial charge is 0.459 e. The number of ketones is 1. The third-order valence-electron chi connectivity index (χ3n) is 8.70. The molecule has 4 heteroatoms. The van der Waals surface area contributed by atoms with Crippen LogP contribution in [0, 0.1) is 22.1 Å². The van der Waals surface area contributed by atoms with Crippen molar-refractivity contribution in [1.29, 1.82) is 0 Å². The molecule has 0 aliphatic heterocycles. The number of aromatic nitrogens is 1. The molecule has 3 nitrogen and oxygen atoms in total. The molecule has 0 radical (unpaired) electrons. The Hall–Kier alpha value is -2.88. The molecule has 0 unspecified atom stereocenters. The van der Waals surface area contributed by atoms with Gasteiger partial charge < -0.3 is 8.98 Å². The molecule has 0 amide bonds. The average Bonchev–Trinajstić information content (AvgIpc) is 3.20. The Morgan fingerprint density at radius 1 is 1.06 bits per heavy atom. The lowest BCUT2D eigenvalue weighted by atomic mass is 9.31. The molecule has 0 N–H and O–H groups in total. The van der Waals surface area contributed by atoms with Crippen LogP contribution in [0.25, 0.3) is 21.9 Å². The molecule has 4 fully saturated rings. The molecule has 4 saturated carbocycles. The lowest BCUT2D eigenvalue weighted by Gasteiger charge is -2.73. The third kappa shape index (κ3) is 2.49. The van der Waals surface area contributed by atoms with Crippen LogP contribution in [0.4, 0.5) is 4.39 Å². The van der Waals surface area contributed by atoms with Crippen LogP contribution < -0.4 is 0 Å². The van der Waals surface area contributed by atoms with E-state index in [1.165, 1.54) is 31.4 Å². The number of rotatable bonds is 6. The minimum atomic E-state index is -0.342. The second-order valence-corrected chi connectivity index (χ2v) is 11.1. The summed E-state index contributed by atoms with van der Waals surface area (Å²) < 4.78 is 22.5. The zero-order valence-corrected chi connectivity index (χ0v) is 18.3. The monoisotopic (exact) mass is 427 g/mol. The van der Waals surface area contributed by atoms with Gasteiger partial charge in [0.05, 0.1) is 12.1 Å². The van der Waals surface area contributed by atoms with Crippen LogP contribution >= 0.6 is 0 Å². The summed E-state index contributed by atoms with van der Waals surface area (Å²) >= 11 is 0. The van der Waals surface area contributed by atoms with E-state index < -0.39 is 0 Å². The maximum Gasteiger partial charge on any atom is 0.165 e. The first-order chi connectivity index (χ1) is 15.4. The zero-order valence-electron chi connectivity index (χ0n) is 18.3. The number of hydrogen-bond donors (Lipinski definition) is 0. The van der Waals surface area contributed by atoms with E-state index in [-0.39, 0.29) is 17.0 Å². The van der Waals surface area contributed by atoms with E-state index in [4.69, 9.17) is 4.42 Å². The first kappa shape index (κ1) is 18.7. The summed E-state index contributed by atoms with van der Waals surface area (Å²) in [6, 6.07) is 14.8. The molecule has 0 spiro atoms. The summed E-state index contributed by atoms with van der Waals surface area (Å²) in [5.74, 6) is 0.573. The first-order valence-electron chi connectivity index (χ1n) is 11.7. The number of nitrogens with zero attached hydrogens (tertiary/aromatic N) is 1. The maximum absolute atomic E-state index is 14.5. The molecule has 4 aromatic rings. The van der Waals surface area contributed by atoms with Crippen molar-refractivity contribution in [3.8, 4) is 0 Å². The van der Waals surface area contributed by atoms with E-state index in [0.717, 1.165) is 40.5 Å². The second-order valence-electron chi connectivity index (χ2n) is 11.1. The van der Waals surface area contributed by atoms with Gasteiger partial charge in [0.2, 0.25) is 0 Å². The highest BCUT2D eigenvalue weighted by Gasteiger charge is 2.75. The molecule has 2 aromatic carbocycles. The van der Waals surface area contributed by atoms with Gasteiger partial charge in [-0.25, -0.2) is 4.39 Å². The van der Waals surface area contributed by atoms with Crippen LogP contribution in [0.2, 0.25) is 0 Å². The van der Waals surface area contributed by atoms with E-state index >= 15 is 0 Å². The molecule has 32 heavy (non-hydrogen) atoms. The standard InChI is InChI=1S/C28H26FNO2/c1-26-15-28(16-26,17-26)27(7-8-27)13-23(31)22-12-20(29)10-19-6-9-30(25(19)22)14-21-11-18-4-2-3-5-24(18)32-21/h2-6,9-12H,7-8,13-17H2,1H3. The van der Waals surface area contributed by atoms with E-state index in [1.54, 1.807) is 0 Å². The Morgan fingerprint density at radius 2 is 1.84 bits per heavy atom. The summed E-state index contributed by atoms with van der Waals surface area (Å²) in [7, 11) is 0. The summed E-state index contributed by atoms with van der Waals surface area (Å²) in [5, 5.41) is 1.83. The van der Waals surface area contributed by atoms with Crippen LogP contribution in [0.1, 0.15) is 61.6 Å². The highest BCUT2D eigenvalue weighted by molar-refractivity contribution is 6.07. The van der Waals surface area contributed by atoms with Crippen molar-refractivity contribution in [2.45, 2.75) is 52.0 Å². The second kappa shape index (κ2) is 5.92. The molecule has 2 aromatic heterocycles. The highest BCUT2D eigenvalue weighted by atomic mass is 19.1. The molecule has 2 bridgehead atoms. The fraction of sp³-hybridized carbons (Fsp3) is 0.393. The van der Waals surface area contributed by atoms with Gasteiger partial charge in [-0.2, -0.15) is 0 Å². The van der Waals surface area contributed by atoms with Crippen molar-refractivity contribution in [2.75, 3.05) is 0 Å². The van der Waals surface area contributed by atoms with Crippen molar-refractivity contribution in [1.82, 2.24) is 4.57 Å². The Balaban J connectivity index is 1.24. The minimum absolute atomic E-state index is 0.0893. The minimum Gasteiger partial charge on any atom is -0.459 e. The Morgan fingerprint density at radius 3 is 2.56 bits per heavy atom. The van der Waals surface area contributed by atoms with Crippen LogP contribution in [-0.2, 0) is 6.54 Å². The van der Waals surface area contributed by atoms with E-state index in [9.17, 15) is 9.18 Å². The van der Waals surface area contributed by atoms with Gasteiger partial charge in [-0.1, -0.05) is 25.1 Å². The fourth-order valence-electron chi connectivity index (χ4n) is 7.25. The normalized spacial score (nSPS) is 27.3. The van der Waals surface area contributed by atoms with Gasteiger partial charge in [-0.3, -0.25) is 4.79 Å². The van der Waals surface area contributed by atoms with Gasteiger partial charge in [0.15, 0.2) is 5.78 Å². The summed E-state index contributed by atoms with van der Waals surface area (Å²) in [5.41, 5.74) is 3.27. The van der Waals surface area contributed by atoms with E-state index in [0.29, 0.717) is 29.4 Å². The fourth-order valence-corrected chi connectivity index (χ4v) is 7.25. The number of furan rings is 1. The maximum atomic E-state index is 14.5. The third-order valence-corrected chi connectivity index (χ3v) is 8.70. The van der Waals surface area contributed by atoms with Crippen LogP contribution in [-0.4, -0.2) is 10.4 Å². The zero-order chi connectivity index (χ0) is 21.7. The lowest BCUT2D eigenvalue weighted by Crippen LogP contribution is -2.64. The quantitative estimate of drug-likeness (QED) is 0.307. The van der Waals surface area contributed by atoms with Crippen molar-refractivity contribution in [3.63, 3.8) is 0 Å². The summed E-state index contributed by atoms with van der Waals surface area (Å²) in [6.45, 7) is 2.88. The number of halogens is 1. The van der Waals surface area contributed by atoms with Gasteiger partial charge in [0.1, 0.15) is 17.2 Å². The van der Waals surface area contributed by atoms with Gasteiger partial charge in [0.25, 0.3) is 0 Å². The van der Waals surface area contributed by atoms with Crippen LogP contribution in [0.3, 0.4) is 0 Å². The Kier molecular flexibility index (Phi) is 3.45. The Bertz CT molecular complexity index is 1370. The van der Waals surface area contributed by atoms with E-state index in [1.807, 2.05) is 47.2 Å². The van der Waals surface area contributed by atoms with Crippen LogP contribution in [0.5, 0.6) is 0 Å². The molecule has 2 heterocycles. The highest BCUT2D eigenvalue weighted by Crippen LogP contribution is 2.85.